The Hall–Kier alpha value is -1.75. The summed E-state index contributed by atoms with van der Waals surface area (Å²) < 4.78 is 15.7. The van der Waals surface area contributed by atoms with Crippen LogP contribution in [-0.4, -0.2) is 21.0 Å². The Balaban J connectivity index is 1.84. The molecule has 1 aliphatic carbocycles. The Labute approximate surface area is 118 Å². The van der Waals surface area contributed by atoms with Crippen molar-refractivity contribution < 1.29 is 4.39 Å². The van der Waals surface area contributed by atoms with Crippen molar-refractivity contribution in [3.05, 3.63) is 35.8 Å². The van der Waals surface area contributed by atoms with E-state index in [4.69, 9.17) is 0 Å². The highest BCUT2D eigenvalue weighted by molar-refractivity contribution is 5.59. The first-order valence-corrected chi connectivity index (χ1v) is 7.18. The number of aryl methyl sites for hydroxylation is 1. The summed E-state index contributed by atoms with van der Waals surface area (Å²) >= 11 is 0. The van der Waals surface area contributed by atoms with Gasteiger partial charge in [0.05, 0.1) is 11.9 Å². The molecular weight excluding hydrogens is 255 g/mol. The highest BCUT2D eigenvalue weighted by Gasteiger charge is 2.20. The van der Waals surface area contributed by atoms with Gasteiger partial charge in [0, 0.05) is 30.3 Å². The lowest BCUT2D eigenvalue weighted by atomic mass is 10.1. The van der Waals surface area contributed by atoms with Crippen molar-refractivity contribution in [1.29, 1.82) is 0 Å². The van der Waals surface area contributed by atoms with Crippen molar-refractivity contribution in [3.8, 4) is 11.3 Å². The van der Waals surface area contributed by atoms with Crippen LogP contribution in [0.4, 0.5) is 4.39 Å². The molecule has 1 aromatic heterocycles. The zero-order valence-corrected chi connectivity index (χ0v) is 11.6. The Morgan fingerprint density at radius 3 is 3.00 bits per heavy atom. The smallest absolute Gasteiger partial charge is 0.127 e. The molecule has 0 radical (unpaired) electrons. The molecule has 0 saturated heterocycles. The van der Waals surface area contributed by atoms with Gasteiger partial charge in [0.2, 0.25) is 0 Å². The van der Waals surface area contributed by atoms with E-state index >= 15 is 0 Å². The molecule has 1 saturated carbocycles. The molecular formula is C15H19FN4. The average Bonchev–Trinajstić information content (AvgIpc) is 3.17. The largest absolute Gasteiger partial charge is 0.310 e. The quantitative estimate of drug-likeness (QED) is 0.880. The highest BCUT2D eigenvalue weighted by Crippen LogP contribution is 2.23. The number of halogens is 1. The molecule has 1 aliphatic rings. The van der Waals surface area contributed by atoms with Crippen LogP contribution in [0.3, 0.4) is 0 Å². The van der Waals surface area contributed by atoms with Gasteiger partial charge in [0.1, 0.15) is 5.82 Å². The van der Waals surface area contributed by atoms with Crippen LogP contribution in [0.1, 0.15) is 31.7 Å². The minimum Gasteiger partial charge on any atom is -0.310 e. The zero-order valence-electron chi connectivity index (χ0n) is 11.6. The van der Waals surface area contributed by atoms with E-state index in [9.17, 15) is 4.39 Å². The standard InChI is InChI=1S/C15H19FN4/c1-2-7-20-15(10-18-19-20)11-3-6-14(16)12(8-11)9-17-13-4-5-13/h3,6,8,10,13,17H,2,4-5,7,9H2,1H3. The molecule has 1 N–H and O–H groups in total. The molecule has 4 nitrogen and oxygen atoms in total. The number of hydrogen-bond donors (Lipinski definition) is 1. The molecule has 0 spiro atoms. The van der Waals surface area contributed by atoms with Crippen molar-refractivity contribution in [2.45, 2.75) is 45.3 Å². The third-order valence-corrected chi connectivity index (χ3v) is 3.55. The van der Waals surface area contributed by atoms with Gasteiger partial charge in [-0.15, -0.1) is 5.10 Å². The van der Waals surface area contributed by atoms with E-state index in [2.05, 4.69) is 22.6 Å². The molecule has 0 unspecified atom stereocenters. The first kappa shape index (κ1) is 13.2. The van der Waals surface area contributed by atoms with E-state index in [1.54, 1.807) is 12.3 Å². The predicted octanol–water partition coefficient (Wildman–Crippen LogP) is 2.75. The maximum atomic E-state index is 13.9. The maximum absolute atomic E-state index is 13.9. The van der Waals surface area contributed by atoms with Gasteiger partial charge in [0.25, 0.3) is 0 Å². The molecule has 1 aromatic carbocycles. The summed E-state index contributed by atoms with van der Waals surface area (Å²) in [7, 11) is 0. The third kappa shape index (κ3) is 2.88. The first-order valence-electron chi connectivity index (χ1n) is 7.18. The van der Waals surface area contributed by atoms with E-state index in [0.29, 0.717) is 18.2 Å². The summed E-state index contributed by atoms with van der Waals surface area (Å²) in [6.07, 6.45) is 5.14. The minimum atomic E-state index is -0.156. The van der Waals surface area contributed by atoms with E-state index in [-0.39, 0.29) is 5.82 Å². The molecule has 3 rings (SSSR count). The van der Waals surface area contributed by atoms with Crippen molar-refractivity contribution >= 4 is 0 Å². The molecule has 0 aliphatic heterocycles. The number of benzene rings is 1. The van der Waals surface area contributed by atoms with Gasteiger partial charge in [-0.1, -0.05) is 12.1 Å². The number of nitrogens with one attached hydrogen (secondary N) is 1. The van der Waals surface area contributed by atoms with Gasteiger partial charge < -0.3 is 5.32 Å². The molecule has 20 heavy (non-hydrogen) atoms. The maximum Gasteiger partial charge on any atom is 0.127 e. The minimum absolute atomic E-state index is 0.156. The lowest BCUT2D eigenvalue weighted by Crippen LogP contribution is -2.16. The second-order valence-corrected chi connectivity index (χ2v) is 5.30. The molecule has 0 amide bonds. The van der Waals surface area contributed by atoms with Crippen LogP contribution >= 0.6 is 0 Å². The molecule has 1 heterocycles. The van der Waals surface area contributed by atoms with Crippen LogP contribution < -0.4 is 5.32 Å². The van der Waals surface area contributed by atoms with E-state index < -0.39 is 0 Å². The van der Waals surface area contributed by atoms with Gasteiger partial charge in [-0.25, -0.2) is 9.07 Å². The van der Waals surface area contributed by atoms with E-state index in [0.717, 1.165) is 24.2 Å². The summed E-state index contributed by atoms with van der Waals surface area (Å²) in [6, 6.07) is 5.80. The van der Waals surface area contributed by atoms with E-state index in [1.165, 1.54) is 18.9 Å². The summed E-state index contributed by atoms with van der Waals surface area (Å²) in [5, 5.41) is 11.4. The van der Waals surface area contributed by atoms with E-state index in [1.807, 2.05) is 10.7 Å². The normalized spacial score (nSPS) is 14.7. The molecule has 5 heteroatoms. The van der Waals surface area contributed by atoms with Crippen LogP contribution in [0.2, 0.25) is 0 Å². The molecule has 1 fully saturated rings. The number of hydrogen-bond acceptors (Lipinski definition) is 3. The number of nitrogens with zero attached hydrogens (tertiary/aromatic N) is 3. The Morgan fingerprint density at radius 2 is 2.25 bits per heavy atom. The lowest BCUT2D eigenvalue weighted by Gasteiger charge is -2.09. The Morgan fingerprint density at radius 1 is 1.40 bits per heavy atom. The van der Waals surface area contributed by atoms with Gasteiger partial charge in [-0.05, 0) is 37.5 Å². The van der Waals surface area contributed by atoms with Crippen molar-refractivity contribution in [3.63, 3.8) is 0 Å². The van der Waals surface area contributed by atoms with Crippen molar-refractivity contribution in [2.75, 3.05) is 0 Å². The van der Waals surface area contributed by atoms with Crippen LogP contribution in [0.5, 0.6) is 0 Å². The molecule has 0 bridgehead atoms. The second kappa shape index (κ2) is 5.71. The summed E-state index contributed by atoms with van der Waals surface area (Å²) in [5.74, 6) is -0.156. The fourth-order valence-corrected chi connectivity index (χ4v) is 2.27. The van der Waals surface area contributed by atoms with Gasteiger partial charge in [-0.2, -0.15) is 0 Å². The molecule has 2 aromatic rings. The Kier molecular flexibility index (Phi) is 3.78. The fraction of sp³-hybridized carbons (Fsp3) is 0.467. The monoisotopic (exact) mass is 274 g/mol. The number of aromatic nitrogens is 3. The van der Waals surface area contributed by atoms with Crippen LogP contribution in [0.15, 0.2) is 24.4 Å². The molecule has 0 atom stereocenters. The zero-order chi connectivity index (χ0) is 13.9. The van der Waals surface area contributed by atoms with Crippen molar-refractivity contribution in [2.24, 2.45) is 0 Å². The summed E-state index contributed by atoms with van der Waals surface area (Å²) in [5.41, 5.74) is 2.62. The average molecular weight is 274 g/mol. The predicted molar refractivity (Wildman–Crippen MR) is 75.6 cm³/mol. The van der Waals surface area contributed by atoms with Gasteiger partial charge in [-0.3, -0.25) is 0 Å². The van der Waals surface area contributed by atoms with Crippen molar-refractivity contribution in [1.82, 2.24) is 20.3 Å². The Bertz CT molecular complexity index is 589. The second-order valence-electron chi connectivity index (χ2n) is 5.30. The molecule has 106 valence electrons. The SMILES string of the molecule is CCCn1nncc1-c1ccc(F)c(CNC2CC2)c1. The third-order valence-electron chi connectivity index (χ3n) is 3.55. The van der Waals surface area contributed by atoms with Crippen LogP contribution in [0.25, 0.3) is 11.3 Å². The summed E-state index contributed by atoms with van der Waals surface area (Å²) in [6.45, 7) is 3.50. The topological polar surface area (TPSA) is 42.7 Å². The highest BCUT2D eigenvalue weighted by atomic mass is 19.1. The van der Waals surface area contributed by atoms with Gasteiger partial charge in [0.15, 0.2) is 0 Å². The first-order chi connectivity index (χ1) is 9.78. The number of rotatable bonds is 6. The van der Waals surface area contributed by atoms with Crippen LogP contribution in [0, 0.1) is 5.82 Å². The summed E-state index contributed by atoms with van der Waals surface area (Å²) in [4.78, 5) is 0. The lowest BCUT2D eigenvalue weighted by molar-refractivity contribution is 0.581. The fourth-order valence-electron chi connectivity index (χ4n) is 2.27. The van der Waals surface area contributed by atoms with Gasteiger partial charge >= 0.3 is 0 Å². The van der Waals surface area contributed by atoms with Crippen LogP contribution in [-0.2, 0) is 13.1 Å².